The monoisotopic (exact) mass is 337 g/mol. The van der Waals surface area contributed by atoms with Crippen LogP contribution in [0.1, 0.15) is 17.8 Å². The second-order valence-electron chi connectivity index (χ2n) is 5.79. The lowest BCUT2D eigenvalue weighted by Crippen LogP contribution is -2.13. The Morgan fingerprint density at radius 3 is 2.62 bits per heavy atom. The van der Waals surface area contributed by atoms with Crippen LogP contribution in [-0.4, -0.2) is 21.6 Å². The van der Waals surface area contributed by atoms with Gasteiger partial charge in [-0.1, -0.05) is 29.8 Å². The predicted molar refractivity (Wildman–Crippen MR) is 94.3 cm³/mol. The van der Waals surface area contributed by atoms with Crippen LogP contribution in [0, 0.1) is 6.92 Å². The Balaban J connectivity index is 1.91. The van der Waals surface area contributed by atoms with Crippen molar-refractivity contribution in [3.8, 4) is 28.5 Å². The van der Waals surface area contributed by atoms with Crippen molar-refractivity contribution in [3.63, 3.8) is 0 Å². The minimum atomic E-state index is 0.632. The second kappa shape index (κ2) is 6.21. The summed E-state index contributed by atoms with van der Waals surface area (Å²) in [6.07, 6.45) is 1.85. The SMILES string of the molecule is Cc1cccc(-c2nc3c(c(-c4ccc(Cl)cc4)n2)OCCC3)n1. The predicted octanol–water partition coefficient (Wildman–Crippen LogP) is 4.49. The lowest BCUT2D eigenvalue weighted by Gasteiger charge is -2.20. The minimum Gasteiger partial charge on any atom is -0.489 e. The Morgan fingerprint density at radius 2 is 1.83 bits per heavy atom. The summed E-state index contributed by atoms with van der Waals surface area (Å²) in [5.41, 5.74) is 4.43. The number of nitrogens with zero attached hydrogens (tertiary/aromatic N) is 3. The first kappa shape index (κ1) is 15.1. The third kappa shape index (κ3) is 2.85. The molecule has 0 aliphatic carbocycles. The van der Waals surface area contributed by atoms with Gasteiger partial charge in [-0.15, -0.1) is 0 Å². The topological polar surface area (TPSA) is 47.9 Å². The van der Waals surface area contributed by atoms with Gasteiger partial charge in [0, 0.05) is 16.3 Å². The highest BCUT2D eigenvalue weighted by molar-refractivity contribution is 6.30. The van der Waals surface area contributed by atoms with Crippen LogP contribution in [0.25, 0.3) is 22.8 Å². The lowest BCUT2D eigenvalue weighted by molar-refractivity contribution is 0.285. The Bertz CT molecular complexity index is 894. The van der Waals surface area contributed by atoms with Crippen LogP contribution in [0.15, 0.2) is 42.5 Å². The van der Waals surface area contributed by atoms with Crippen LogP contribution in [-0.2, 0) is 6.42 Å². The normalized spacial score (nSPS) is 13.2. The van der Waals surface area contributed by atoms with Crippen LogP contribution in [0.3, 0.4) is 0 Å². The van der Waals surface area contributed by atoms with Gasteiger partial charge in [0.25, 0.3) is 0 Å². The maximum atomic E-state index is 6.01. The van der Waals surface area contributed by atoms with Gasteiger partial charge in [-0.2, -0.15) is 0 Å². The second-order valence-corrected chi connectivity index (χ2v) is 6.23. The van der Waals surface area contributed by atoms with E-state index < -0.39 is 0 Å². The average Bonchev–Trinajstić information content (AvgIpc) is 2.61. The number of halogens is 1. The number of benzene rings is 1. The van der Waals surface area contributed by atoms with Crippen molar-refractivity contribution in [2.24, 2.45) is 0 Å². The zero-order valence-corrected chi connectivity index (χ0v) is 14.0. The minimum absolute atomic E-state index is 0.632. The van der Waals surface area contributed by atoms with Gasteiger partial charge in [-0.05, 0) is 44.0 Å². The Morgan fingerprint density at radius 1 is 1.00 bits per heavy atom. The van der Waals surface area contributed by atoms with Gasteiger partial charge < -0.3 is 4.74 Å². The number of pyridine rings is 1. The molecule has 24 heavy (non-hydrogen) atoms. The van der Waals surface area contributed by atoms with Gasteiger partial charge in [-0.3, -0.25) is 0 Å². The molecule has 1 aliphatic heterocycles. The van der Waals surface area contributed by atoms with Crippen molar-refractivity contribution in [2.75, 3.05) is 6.61 Å². The third-order valence-electron chi connectivity index (χ3n) is 3.98. The van der Waals surface area contributed by atoms with E-state index in [-0.39, 0.29) is 0 Å². The molecule has 3 heterocycles. The van der Waals surface area contributed by atoms with E-state index in [0.717, 1.165) is 46.9 Å². The number of hydrogen-bond donors (Lipinski definition) is 0. The summed E-state index contributed by atoms with van der Waals surface area (Å²) >= 11 is 6.01. The summed E-state index contributed by atoms with van der Waals surface area (Å²) in [5.74, 6) is 1.41. The molecule has 120 valence electrons. The molecule has 3 aromatic rings. The van der Waals surface area contributed by atoms with Crippen molar-refractivity contribution in [3.05, 3.63) is 58.9 Å². The fourth-order valence-corrected chi connectivity index (χ4v) is 2.94. The molecule has 1 aliphatic rings. The van der Waals surface area contributed by atoms with E-state index in [2.05, 4.69) is 4.98 Å². The average molecular weight is 338 g/mol. The van der Waals surface area contributed by atoms with Gasteiger partial charge in [-0.25, -0.2) is 15.0 Å². The van der Waals surface area contributed by atoms with Crippen LogP contribution in [0.2, 0.25) is 5.02 Å². The number of ether oxygens (including phenoxy) is 1. The highest BCUT2D eigenvalue weighted by Gasteiger charge is 2.21. The summed E-state index contributed by atoms with van der Waals surface area (Å²) in [6.45, 7) is 2.66. The summed E-state index contributed by atoms with van der Waals surface area (Å²) in [5, 5.41) is 0.697. The van der Waals surface area contributed by atoms with Crippen LogP contribution < -0.4 is 4.74 Å². The van der Waals surface area contributed by atoms with Crippen molar-refractivity contribution in [2.45, 2.75) is 19.8 Å². The largest absolute Gasteiger partial charge is 0.489 e. The van der Waals surface area contributed by atoms with Gasteiger partial charge in [0.1, 0.15) is 11.4 Å². The third-order valence-corrected chi connectivity index (χ3v) is 4.23. The molecule has 0 radical (unpaired) electrons. The Labute approximate surface area is 145 Å². The fraction of sp³-hybridized carbons (Fsp3) is 0.211. The smallest absolute Gasteiger partial charge is 0.179 e. The first-order valence-electron chi connectivity index (χ1n) is 7.94. The molecule has 0 N–H and O–H groups in total. The van der Waals surface area contributed by atoms with E-state index in [1.54, 1.807) is 0 Å². The zero-order valence-electron chi connectivity index (χ0n) is 13.3. The maximum absolute atomic E-state index is 6.01. The maximum Gasteiger partial charge on any atom is 0.179 e. The van der Waals surface area contributed by atoms with E-state index in [0.29, 0.717) is 17.5 Å². The number of aryl methyl sites for hydroxylation is 2. The molecule has 0 amide bonds. The molecule has 0 spiro atoms. The van der Waals surface area contributed by atoms with E-state index in [1.165, 1.54) is 0 Å². The molecular weight excluding hydrogens is 322 g/mol. The number of rotatable bonds is 2. The summed E-state index contributed by atoms with van der Waals surface area (Å²) in [7, 11) is 0. The summed E-state index contributed by atoms with van der Waals surface area (Å²) < 4.78 is 5.88. The van der Waals surface area contributed by atoms with E-state index in [9.17, 15) is 0 Å². The molecule has 0 saturated heterocycles. The quantitative estimate of drug-likeness (QED) is 0.691. The van der Waals surface area contributed by atoms with Gasteiger partial charge in [0.2, 0.25) is 0 Å². The summed E-state index contributed by atoms with van der Waals surface area (Å²) in [4.78, 5) is 14.0. The molecular formula is C19H16ClN3O. The van der Waals surface area contributed by atoms with Gasteiger partial charge in [0.05, 0.1) is 12.3 Å². The summed E-state index contributed by atoms with van der Waals surface area (Å²) in [6, 6.07) is 13.5. The first-order chi connectivity index (χ1) is 11.7. The van der Waals surface area contributed by atoms with Crippen molar-refractivity contribution in [1.29, 1.82) is 0 Å². The molecule has 2 aromatic heterocycles. The van der Waals surface area contributed by atoms with E-state index >= 15 is 0 Å². The molecule has 0 atom stereocenters. The lowest BCUT2D eigenvalue weighted by atomic mass is 10.1. The molecule has 0 saturated carbocycles. The number of aromatic nitrogens is 3. The van der Waals surface area contributed by atoms with Crippen LogP contribution >= 0.6 is 11.6 Å². The van der Waals surface area contributed by atoms with Crippen molar-refractivity contribution >= 4 is 11.6 Å². The van der Waals surface area contributed by atoms with Crippen LogP contribution in [0.4, 0.5) is 0 Å². The number of hydrogen-bond acceptors (Lipinski definition) is 4. The Hall–Kier alpha value is -2.46. The molecule has 1 aromatic carbocycles. The highest BCUT2D eigenvalue weighted by atomic mass is 35.5. The molecule has 0 fully saturated rings. The highest BCUT2D eigenvalue weighted by Crippen LogP contribution is 2.35. The first-order valence-corrected chi connectivity index (χ1v) is 8.32. The molecule has 5 heteroatoms. The van der Waals surface area contributed by atoms with Crippen molar-refractivity contribution in [1.82, 2.24) is 15.0 Å². The van der Waals surface area contributed by atoms with Gasteiger partial charge >= 0.3 is 0 Å². The van der Waals surface area contributed by atoms with Gasteiger partial charge in [0.15, 0.2) is 11.6 Å². The fourth-order valence-electron chi connectivity index (χ4n) is 2.82. The molecule has 0 unspecified atom stereocenters. The Kier molecular flexibility index (Phi) is 3.90. The standard InChI is InChI=1S/C19H16ClN3O/c1-12-4-2-5-16(21-12)19-22-15-6-3-11-24-18(15)17(23-19)13-7-9-14(20)10-8-13/h2,4-5,7-10H,3,6,11H2,1H3. The van der Waals surface area contributed by atoms with E-state index in [4.69, 9.17) is 26.3 Å². The van der Waals surface area contributed by atoms with E-state index in [1.807, 2.05) is 49.4 Å². The molecule has 0 bridgehead atoms. The van der Waals surface area contributed by atoms with Crippen LogP contribution in [0.5, 0.6) is 5.75 Å². The zero-order chi connectivity index (χ0) is 16.5. The molecule has 4 rings (SSSR count). The number of fused-ring (bicyclic) bond motifs is 1. The molecule has 4 nitrogen and oxygen atoms in total. The van der Waals surface area contributed by atoms with Crippen molar-refractivity contribution < 1.29 is 4.74 Å².